The number of nitrogens with two attached hydrogens (primary N) is 1. The van der Waals surface area contributed by atoms with Crippen molar-refractivity contribution in [2.24, 2.45) is 11.1 Å². The van der Waals surface area contributed by atoms with Crippen molar-refractivity contribution in [1.82, 2.24) is 0 Å². The number of Topliss-reactive ketones (excluding diaryl/α,β-unsaturated/α-hetero) is 1. The molecule has 0 aliphatic heterocycles. The lowest BCUT2D eigenvalue weighted by atomic mass is 9.64. The van der Waals surface area contributed by atoms with Gasteiger partial charge in [0.05, 0.1) is 0 Å². The van der Waals surface area contributed by atoms with Gasteiger partial charge in [0.2, 0.25) is 0 Å². The van der Waals surface area contributed by atoms with Gasteiger partial charge in [-0.25, -0.2) is 0 Å². The van der Waals surface area contributed by atoms with Gasteiger partial charge in [0.1, 0.15) is 0 Å². The highest BCUT2D eigenvalue weighted by atomic mass is 16.1. The summed E-state index contributed by atoms with van der Waals surface area (Å²) in [6.07, 6.45) is 3.05. The second-order valence-corrected chi connectivity index (χ2v) is 4.03. The van der Waals surface area contributed by atoms with Gasteiger partial charge >= 0.3 is 0 Å². The second-order valence-electron chi connectivity index (χ2n) is 4.03. The van der Waals surface area contributed by atoms with E-state index in [9.17, 15) is 4.79 Å². The molecule has 0 aromatic heterocycles. The quantitative estimate of drug-likeness (QED) is 0.739. The van der Waals surface area contributed by atoms with Gasteiger partial charge < -0.3 is 5.73 Å². The molecule has 0 heterocycles. The number of carbonyl (C=O) groups excluding carboxylic acids is 1. The number of hydrogen-bond acceptors (Lipinski definition) is 2. The minimum Gasteiger partial charge on any atom is -0.329 e. The molecule has 14 heavy (non-hydrogen) atoms. The second kappa shape index (κ2) is 3.54. The van der Waals surface area contributed by atoms with Crippen molar-refractivity contribution >= 4 is 5.78 Å². The fourth-order valence-electron chi connectivity index (χ4n) is 2.02. The van der Waals surface area contributed by atoms with E-state index in [1.54, 1.807) is 0 Å². The topological polar surface area (TPSA) is 43.1 Å². The SMILES string of the molecule is NCC1(C(=O)c2ccccc2)CCC1. The van der Waals surface area contributed by atoms with Crippen molar-refractivity contribution in [1.29, 1.82) is 0 Å². The predicted octanol–water partition coefficient (Wildman–Crippen LogP) is 2.00. The number of rotatable bonds is 3. The lowest BCUT2D eigenvalue weighted by molar-refractivity contribution is 0.0636. The largest absolute Gasteiger partial charge is 0.329 e. The number of benzene rings is 1. The van der Waals surface area contributed by atoms with E-state index in [4.69, 9.17) is 5.73 Å². The fourth-order valence-corrected chi connectivity index (χ4v) is 2.02. The molecule has 1 fully saturated rings. The van der Waals surface area contributed by atoms with Crippen LogP contribution in [-0.4, -0.2) is 12.3 Å². The Morgan fingerprint density at radius 1 is 1.29 bits per heavy atom. The first-order valence-corrected chi connectivity index (χ1v) is 5.08. The van der Waals surface area contributed by atoms with Crippen LogP contribution in [0.1, 0.15) is 29.6 Å². The summed E-state index contributed by atoms with van der Waals surface area (Å²) in [6, 6.07) is 9.47. The van der Waals surface area contributed by atoms with E-state index in [0.717, 1.165) is 24.8 Å². The Labute approximate surface area is 84.1 Å². The van der Waals surface area contributed by atoms with Gasteiger partial charge in [-0.05, 0) is 12.8 Å². The zero-order valence-corrected chi connectivity index (χ0v) is 8.20. The van der Waals surface area contributed by atoms with Gasteiger partial charge in [0, 0.05) is 17.5 Å². The van der Waals surface area contributed by atoms with Crippen molar-refractivity contribution in [3.63, 3.8) is 0 Å². The van der Waals surface area contributed by atoms with Crippen LogP contribution in [0.3, 0.4) is 0 Å². The summed E-state index contributed by atoms with van der Waals surface area (Å²) in [6.45, 7) is 0.487. The summed E-state index contributed by atoms with van der Waals surface area (Å²) < 4.78 is 0. The van der Waals surface area contributed by atoms with Gasteiger partial charge in [0.25, 0.3) is 0 Å². The van der Waals surface area contributed by atoms with Crippen molar-refractivity contribution in [3.8, 4) is 0 Å². The average molecular weight is 189 g/mol. The number of hydrogen-bond donors (Lipinski definition) is 1. The molecule has 0 bridgehead atoms. The summed E-state index contributed by atoms with van der Waals surface area (Å²) in [7, 11) is 0. The predicted molar refractivity (Wildman–Crippen MR) is 56.1 cm³/mol. The Morgan fingerprint density at radius 2 is 1.93 bits per heavy atom. The van der Waals surface area contributed by atoms with E-state index >= 15 is 0 Å². The van der Waals surface area contributed by atoms with E-state index in [2.05, 4.69) is 0 Å². The molecule has 2 rings (SSSR count). The summed E-state index contributed by atoms with van der Waals surface area (Å²) in [4.78, 5) is 12.1. The normalized spacial score (nSPS) is 18.6. The highest BCUT2D eigenvalue weighted by Gasteiger charge is 2.42. The lowest BCUT2D eigenvalue weighted by Gasteiger charge is -2.39. The van der Waals surface area contributed by atoms with Crippen LogP contribution in [0.4, 0.5) is 0 Å². The molecular formula is C12H15NO. The van der Waals surface area contributed by atoms with Gasteiger partial charge in [0.15, 0.2) is 5.78 Å². The molecular weight excluding hydrogens is 174 g/mol. The van der Waals surface area contributed by atoms with E-state index in [1.165, 1.54) is 0 Å². The van der Waals surface area contributed by atoms with Crippen LogP contribution in [0.5, 0.6) is 0 Å². The Bertz CT molecular complexity index is 322. The van der Waals surface area contributed by atoms with E-state index < -0.39 is 0 Å². The zero-order chi connectivity index (χ0) is 10.0. The zero-order valence-electron chi connectivity index (χ0n) is 8.20. The van der Waals surface area contributed by atoms with E-state index in [-0.39, 0.29) is 11.2 Å². The van der Waals surface area contributed by atoms with Crippen molar-refractivity contribution < 1.29 is 4.79 Å². The van der Waals surface area contributed by atoms with Crippen LogP contribution in [0.15, 0.2) is 30.3 Å². The minimum absolute atomic E-state index is 0.229. The Hall–Kier alpha value is -1.15. The monoisotopic (exact) mass is 189 g/mol. The van der Waals surface area contributed by atoms with Crippen LogP contribution < -0.4 is 5.73 Å². The Kier molecular flexibility index (Phi) is 2.38. The molecule has 1 saturated carbocycles. The van der Waals surface area contributed by atoms with Crippen molar-refractivity contribution in [2.45, 2.75) is 19.3 Å². The molecule has 0 unspecified atom stereocenters. The first-order chi connectivity index (χ1) is 6.78. The van der Waals surface area contributed by atoms with E-state index in [0.29, 0.717) is 6.54 Å². The smallest absolute Gasteiger partial charge is 0.170 e. The molecule has 1 aromatic rings. The number of ketones is 1. The lowest BCUT2D eigenvalue weighted by Crippen LogP contribution is -2.44. The molecule has 0 radical (unpaired) electrons. The van der Waals surface area contributed by atoms with Gasteiger partial charge in [-0.1, -0.05) is 36.8 Å². The summed E-state index contributed by atoms with van der Waals surface area (Å²) in [5.41, 5.74) is 6.25. The fraction of sp³-hybridized carbons (Fsp3) is 0.417. The third kappa shape index (κ3) is 1.36. The van der Waals surface area contributed by atoms with Crippen LogP contribution in [0, 0.1) is 5.41 Å². The van der Waals surface area contributed by atoms with Gasteiger partial charge in [-0.15, -0.1) is 0 Å². The molecule has 2 N–H and O–H groups in total. The van der Waals surface area contributed by atoms with Crippen LogP contribution in [-0.2, 0) is 0 Å². The van der Waals surface area contributed by atoms with Crippen LogP contribution in [0.2, 0.25) is 0 Å². The standard InChI is InChI=1S/C12H15NO/c13-9-12(7-4-8-12)11(14)10-5-2-1-3-6-10/h1-3,5-6H,4,7-9,13H2. The van der Waals surface area contributed by atoms with E-state index in [1.807, 2.05) is 30.3 Å². The first kappa shape index (κ1) is 9.41. The van der Waals surface area contributed by atoms with Gasteiger partial charge in [-0.2, -0.15) is 0 Å². The Balaban J connectivity index is 2.23. The third-order valence-electron chi connectivity index (χ3n) is 3.22. The summed E-state index contributed by atoms with van der Waals surface area (Å²) >= 11 is 0. The molecule has 2 nitrogen and oxygen atoms in total. The average Bonchev–Trinajstić information content (AvgIpc) is 2.18. The van der Waals surface area contributed by atoms with Crippen LogP contribution >= 0.6 is 0 Å². The maximum Gasteiger partial charge on any atom is 0.170 e. The maximum absolute atomic E-state index is 12.1. The maximum atomic E-state index is 12.1. The molecule has 1 aliphatic rings. The molecule has 0 saturated heterocycles. The van der Waals surface area contributed by atoms with Gasteiger partial charge in [-0.3, -0.25) is 4.79 Å². The molecule has 74 valence electrons. The Morgan fingerprint density at radius 3 is 2.36 bits per heavy atom. The highest BCUT2D eigenvalue weighted by molar-refractivity contribution is 6.01. The summed E-state index contributed by atoms with van der Waals surface area (Å²) in [5.74, 6) is 0.229. The van der Waals surface area contributed by atoms with Crippen molar-refractivity contribution in [3.05, 3.63) is 35.9 Å². The molecule has 0 amide bonds. The highest BCUT2D eigenvalue weighted by Crippen LogP contribution is 2.42. The molecule has 0 atom stereocenters. The van der Waals surface area contributed by atoms with Crippen LogP contribution in [0.25, 0.3) is 0 Å². The first-order valence-electron chi connectivity index (χ1n) is 5.08. The molecule has 2 heteroatoms. The third-order valence-corrected chi connectivity index (χ3v) is 3.22. The molecule has 1 aliphatic carbocycles. The molecule has 0 spiro atoms. The van der Waals surface area contributed by atoms with Crippen molar-refractivity contribution in [2.75, 3.05) is 6.54 Å². The minimum atomic E-state index is -0.235. The number of carbonyl (C=O) groups is 1. The summed E-state index contributed by atoms with van der Waals surface area (Å²) in [5, 5.41) is 0. The molecule has 1 aromatic carbocycles.